The molecule has 0 bridgehead atoms. The zero-order valence-corrected chi connectivity index (χ0v) is 11.2. The van der Waals surface area contributed by atoms with Crippen molar-refractivity contribution in [3.63, 3.8) is 0 Å². The first-order valence-electron chi connectivity index (χ1n) is 6.10. The van der Waals surface area contributed by atoms with Gasteiger partial charge in [0.2, 0.25) is 0 Å². The lowest BCUT2D eigenvalue weighted by molar-refractivity contribution is 0.301. The van der Waals surface area contributed by atoms with Crippen molar-refractivity contribution in [1.82, 2.24) is 9.97 Å². The summed E-state index contributed by atoms with van der Waals surface area (Å²) >= 11 is 5.97. The molecule has 0 amide bonds. The SMILES string of the molecule is CCCCN(CCO)c1cc(Cl)nc(CC)n1. The van der Waals surface area contributed by atoms with Gasteiger partial charge in [0.25, 0.3) is 0 Å². The van der Waals surface area contributed by atoms with Crippen LogP contribution < -0.4 is 4.90 Å². The summed E-state index contributed by atoms with van der Waals surface area (Å²) in [7, 11) is 0. The maximum atomic E-state index is 9.08. The lowest BCUT2D eigenvalue weighted by Gasteiger charge is -2.23. The summed E-state index contributed by atoms with van der Waals surface area (Å²) in [5.74, 6) is 1.55. The number of nitrogens with zero attached hydrogens (tertiary/aromatic N) is 3. The number of unbranched alkanes of at least 4 members (excludes halogenated alkanes) is 1. The first-order valence-corrected chi connectivity index (χ1v) is 6.48. The average Bonchev–Trinajstić information content (AvgIpc) is 2.33. The van der Waals surface area contributed by atoms with Crippen LogP contribution in [0.2, 0.25) is 5.15 Å². The van der Waals surface area contributed by atoms with Crippen LogP contribution in [-0.2, 0) is 6.42 Å². The molecule has 0 atom stereocenters. The molecule has 4 nitrogen and oxygen atoms in total. The van der Waals surface area contributed by atoms with E-state index < -0.39 is 0 Å². The molecular formula is C12H20ClN3O. The van der Waals surface area contributed by atoms with E-state index in [-0.39, 0.29) is 6.61 Å². The third kappa shape index (κ3) is 4.48. The van der Waals surface area contributed by atoms with Gasteiger partial charge < -0.3 is 10.0 Å². The van der Waals surface area contributed by atoms with E-state index in [0.717, 1.165) is 37.4 Å². The third-order valence-corrected chi connectivity index (χ3v) is 2.71. The molecule has 0 aliphatic carbocycles. The molecule has 0 saturated heterocycles. The van der Waals surface area contributed by atoms with Gasteiger partial charge in [-0.25, -0.2) is 9.97 Å². The number of aryl methyl sites for hydroxylation is 1. The Morgan fingerprint density at radius 2 is 2.06 bits per heavy atom. The van der Waals surface area contributed by atoms with Gasteiger partial charge in [-0.2, -0.15) is 0 Å². The number of rotatable bonds is 7. The molecule has 0 aromatic carbocycles. The van der Waals surface area contributed by atoms with Crippen LogP contribution in [0, 0.1) is 0 Å². The molecule has 0 spiro atoms. The van der Waals surface area contributed by atoms with Gasteiger partial charge >= 0.3 is 0 Å². The van der Waals surface area contributed by atoms with Crippen molar-refractivity contribution < 1.29 is 5.11 Å². The highest BCUT2D eigenvalue weighted by molar-refractivity contribution is 6.29. The van der Waals surface area contributed by atoms with Gasteiger partial charge in [0.15, 0.2) is 0 Å². The van der Waals surface area contributed by atoms with Gasteiger partial charge in [-0.15, -0.1) is 0 Å². The van der Waals surface area contributed by atoms with E-state index in [9.17, 15) is 0 Å². The molecule has 0 radical (unpaired) electrons. The summed E-state index contributed by atoms with van der Waals surface area (Å²) in [6.07, 6.45) is 2.94. The van der Waals surface area contributed by atoms with E-state index >= 15 is 0 Å². The second-order valence-corrected chi connectivity index (χ2v) is 4.27. The van der Waals surface area contributed by atoms with E-state index in [1.807, 2.05) is 6.92 Å². The summed E-state index contributed by atoms with van der Waals surface area (Å²) in [6, 6.07) is 1.76. The monoisotopic (exact) mass is 257 g/mol. The smallest absolute Gasteiger partial charge is 0.134 e. The Balaban J connectivity index is 2.87. The molecule has 1 N–H and O–H groups in total. The highest BCUT2D eigenvalue weighted by Crippen LogP contribution is 2.16. The molecule has 5 heteroatoms. The maximum absolute atomic E-state index is 9.08. The van der Waals surface area contributed by atoms with Crippen molar-refractivity contribution in [2.75, 3.05) is 24.6 Å². The summed E-state index contributed by atoms with van der Waals surface area (Å²) < 4.78 is 0. The molecular weight excluding hydrogens is 238 g/mol. The molecule has 1 heterocycles. The molecule has 1 aromatic heterocycles. The van der Waals surface area contributed by atoms with Crippen LogP contribution in [0.1, 0.15) is 32.5 Å². The second kappa shape index (κ2) is 7.45. The topological polar surface area (TPSA) is 49.2 Å². The minimum Gasteiger partial charge on any atom is -0.395 e. The molecule has 1 rings (SSSR count). The Bertz CT molecular complexity index is 347. The highest BCUT2D eigenvalue weighted by atomic mass is 35.5. The highest BCUT2D eigenvalue weighted by Gasteiger charge is 2.09. The Hall–Kier alpha value is -0.870. The van der Waals surface area contributed by atoms with Crippen LogP contribution in [0.25, 0.3) is 0 Å². The summed E-state index contributed by atoms with van der Waals surface area (Å²) in [4.78, 5) is 10.6. The van der Waals surface area contributed by atoms with Crippen molar-refractivity contribution in [3.8, 4) is 0 Å². The minimum atomic E-state index is 0.118. The second-order valence-electron chi connectivity index (χ2n) is 3.88. The Morgan fingerprint density at radius 1 is 1.29 bits per heavy atom. The number of aliphatic hydroxyl groups excluding tert-OH is 1. The Kier molecular flexibility index (Phi) is 6.22. The summed E-state index contributed by atoms with van der Waals surface area (Å²) in [6.45, 7) is 5.72. The van der Waals surface area contributed by atoms with Gasteiger partial charge in [-0.1, -0.05) is 31.9 Å². The predicted octanol–water partition coefficient (Wildman–Crippen LogP) is 2.29. The van der Waals surface area contributed by atoms with E-state index in [4.69, 9.17) is 16.7 Å². The van der Waals surface area contributed by atoms with Crippen LogP contribution >= 0.6 is 11.6 Å². The number of aliphatic hydroxyl groups is 1. The Labute approximate surface area is 108 Å². The van der Waals surface area contributed by atoms with Gasteiger partial charge in [-0.3, -0.25) is 0 Å². The fourth-order valence-electron chi connectivity index (χ4n) is 1.58. The van der Waals surface area contributed by atoms with E-state index in [2.05, 4.69) is 21.8 Å². The van der Waals surface area contributed by atoms with E-state index in [0.29, 0.717) is 11.7 Å². The standard InChI is InChI=1S/C12H20ClN3O/c1-3-5-6-16(7-8-17)12-9-10(13)14-11(4-2)15-12/h9,17H,3-8H2,1-2H3. The first-order chi connectivity index (χ1) is 8.21. The van der Waals surface area contributed by atoms with E-state index in [1.165, 1.54) is 0 Å². The van der Waals surface area contributed by atoms with Gasteiger partial charge in [0.05, 0.1) is 6.61 Å². The first kappa shape index (κ1) is 14.2. The third-order valence-electron chi connectivity index (χ3n) is 2.52. The quantitative estimate of drug-likeness (QED) is 0.762. The lowest BCUT2D eigenvalue weighted by Crippen LogP contribution is -2.29. The van der Waals surface area contributed by atoms with Gasteiger partial charge in [-0.05, 0) is 6.42 Å². The fourth-order valence-corrected chi connectivity index (χ4v) is 1.78. The fraction of sp³-hybridized carbons (Fsp3) is 0.667. The van der Waals surface area contributed by atoms with Crippen LogP contribution in [0.15, 0.2) is 6.07 Å². The molecule has 0 aliphatic heterocycles. The van der Waals surface area contributed by atoms with Crippen LogP contribution in [0.4, 0.5) is 5.82 Å². The number of hydrogen-bond acceptors (Lipinski definition) is 4. The van der Waals surface area contributed by atoms with Crippen molar-refractivity contribution in [2.24, 2.45) is 0 Å². The van der Waals surface area contributed by atoms with Gasteiger partial charge in [0, 0.05) is 25.6 Å². The Morgan fingerprint density at radius 3 is 2.65 bits per heavy atom. The molecule has 0 saturated carbocycles. The van der Waals surface area contributed by atoms with E-state index in [1.54, 1.807) is 6.07 Å². The number of hydrogen-bond donors (Lipinski definition) is 1. The van der Waals surface area contributed by atoms with Crippen molar-refractivity contribution in [1.29, 1.82) is 0 Å². The minimum absolute atomic E-state index is 0.118. The molecule has 17 heavy (non-hydrogen) atoms. The number of anilines is 1. The van der Waals surface area contributed by atoms with Crippen molar-refractivity contribution >= 4 is 17.4 Å². The van der Waals surface area contributed by atoms with Crippen LogP contribution in [-0.4, -0.2) is 34.8 Å². The van der Waals surface area contributed by atoms with Crippen LogP contribution in [0.3, 0.4) is 0 Å². The number of halogens is 1. The number of aromatic nitrogens is 2. The molecule has 96 valence electrons. The van der Waals surface area contributed by atoms with Crippen molar-refractivity contribution in [3.05, 3.63) is 17.0 Å². The zero-order valence-electron chi connectivity index (χ0n) is 10.5. The molecule has 0 fully saturated rings. The van der Waals surface area contributed by atoms with Crippen LogP contribution in [0.5, 0.6) is 0 Å². The molecule has 1 aromatic rings. The molecule has 0 unspecified atom stereocenters. The maximum Gasteiger partial charge on any atom is 0.134 e. The summed E-state index contributed by atoms with van der Waals surface area (Å²) in [5.41, 5.74) is 0. The largest absolute Gasteiger partial charge is 0.395 e. The average molecular weight is 258 g/mol. The zero-order chi connectivity index (χ0) is 12.7. The van der Waals surface area contributed by atoms with Crippen molar-refractivity contribution in [2.45, 2.75) is 33.1 Å². The molecule has 0 aliphatic rings. The lowest BCUT2D eigenvalue weighted by atomic mass is 10.3. The predicted molar refractivity (Wildman–Crippen MR) is 70.6 cm³/mol. The summed E-state index contributed by atoms with van der Waals surface area (Å²) in [5, 5.41) is 9.54. The normalized spacial score (nSPS) is 10.6. The van der Waals surface area contributed by atoms with Gasteiger partial charge in [0.1, 0.15) is 16.8 Å².